The molecule has 0 aliphatic rings. The van der Waals surface area contributed by atoms with Crippen LogP contribution in [-0.2, 0) is 65.6 Å². The van der Waals surface area contributed by atoms with Crippen LogP contribution in [0.4, 0.5) is 0 Å². The van der Waals surface area contributed by atoms with Gasteiger partial charge in [-0.15, -0.1) is 0 Å². The number of aromatic nitrogens is 1. The standard InChI is InChI=1S/C60H94N20O14/c1-32(2)25-43(78-49(85)37(61)28-35-29-71-38-16-9-8-15-36(35)38)54(90)79-44(26-33(3)4)53(89)76-41(20-21-48(83)84)50(86)72-30-47(82)73-45(27-34-13-6-5-7-14-34)55(91)74-40(18-11-23-69-59(64)65)52(88)80-46(31-81)56(92)75-39(17-10-22-68-58(62)63)51(87)77-42(57(93)94)19-12-24-70-60(66)67/h5-9,13-16,29,32-33,37,39-46,71,81H,10-12,17-28,30-31,61H2,1-4H3,(H,72,86)(H,73,82)(H,74,91)(H,75,92)(H,76,89)(H,77,87)(H,78,85)(H,79,90)(H,80,88)(H,83,84)(H,93,94)(H4,62,63,68)(H4,64,65,69)(H4,66,67,70)/t37-,39-,40-,41-,42-,43-,44-,45-,46-/m0/s1. The number of carboxylic acids is 2. The number of hydrogen-bond acceptors (Lipinski definition) is 16. The van der Waals surface area contributed by atoms with Crippen molar-refractivity contribution in [2.24, 2.45) is 66.9 Å². The Bertz CT molecular complexity index is 3110. The number of carbonyl (C=O) groups is 11. The predicted octanol–water partition coefficient (Wildman–Crippen LogP) is -4.53. The maximum absolute atomic E-state index is 14.4. The van der Waals surface area contributed by atoms with Gasteiger partial charge in [-0.3, -0.25) is 62.9 Å². The van der Waals surface area contributed by atoms with Crippen molar-refractivity contribution in [2.75, 3.05) is 32.8 Å². The number of nitrogens with two attached hydrogens (primary N) is 7. The maximum atomic E-state index is 14.4. The van der Waals surface area contributed by atoms with E-state index in [-0.39, 0.29) is 114 Å². The summed E-state index contributed by atoms with van der Waals surface area (Å²) in [5, 5.41) is 53.4. The lowest BCUT2D eigenvalue weighted by atomic mass is 9.99. The number of guanidine groups is 3. The molecule has 9 amide bonds. The van der Waals surface area contributed by atoms with E-state index in [1.165, 1.54) is 0 Å². The third kappa shape index (κ3) is 29.4. The Labute approximate surface area is 543 Å². The quantitative estimate of drug-likeness (QED) is 0.0144. The Kier molecular flexibility index (Phi) is 33.8. The molecule has 0 saturated heterocycles. The highest BCUT2D eigenvalue weighted by atomic mass is 16.4. The number of aliphatic carboxylic acids is 2. The first kappa shape index (κ1) is 78.1. The number of amides is 9. The Balaban J connectivity index is 1.84. The number of aliphatic hydroxyl groups is 1. The zero-order valence-corrected chi connectivity index (χ0v) is 53.4. The van der Waals surface area contributed by atoms with E-state index in [2.05, 4.69) is 67.8 Å². The third-order valence-corrected chi connectivity index (χ3v) is 14.3. The number of aliphatic hydroxyl groups excluding tert-OH is 1. The van der Waals surface area contributed by atoms with Gasteiger partial charge in [-0.2, -0.15) is 0 Å². The van der Waals surface area contributed by atoms with E-state index in [1.54, 1.807) is 50.4 Å². The molecule has 0 aliphatic carbocycles. The summed E-state index contributed by atoms with van der Waals surface area (Å²) in [5.41, 5.74) is 41.1. The average molecular weight is 1320 g/mol. The van der Waals surface area contributed by atoms with Crippen molar-refractivity contribution in [3.05, 3.63) is 71.9 Å². The monoisotopic (exact) mass is 1320 g/mol. The molecule has 0 fully saturated rings. The third-order valence-electron chi connectivity index (χ3n) is 14.3. The number of nitrogens with zero attached hydrogens (tertiary/aromatic N) is 3. The van der Waals surface area contributed by atoms with Crippen molar-refractivity contribution in [3.63, 3.8) is 0 Å². The molecule has 0 unspecified atom stereocenters. The Morgan fingerprint density at radius 2 is 0.894 bits per heavy atom. The number of benzene rings is 2. The summed E-state index contributed by atoms with van der Waals surface area (Å²) in [4.78, 5) is 164. The van der Waals surface area contributed by atoms with Gasteiger partial charge in [0, 0.05) is 49.6 Å². The summed E-state index contributed by atoms with van der Waals surface area (Å²) in [7, 11) is 0. The molecule has 9 atom stereocenters. The first-order valence-corrected chi connectivity index (χ1v) is 30.7. The van der Waals surface area contributed by atoms with Crippen LogP contribution in [0.1, 0.15) is 103 Å². The van der Waals surface area contributed by atoms with Crippen LogP contribution in [0.25, 0.3) is 10.9 Å². The first-order valence-electron chi connectivity index (χ1n) is 30.7. The molecule has 34 heteroatoms. The molecule has 0 saturated carbocycles. The fourth-order valence-electron chi connectivity index (χ4n) is 9.58. The van der Waals surface area contributed by atoms with E-state index >= 15 is 0 Å². The highest BCUT2D eigenvalue weighted by Crippen LogP contribution is 2.19. The smallest absolute Gasteiger partial charge is 0.326 e. The molecular weight excluding hydrogens is 1220 g/mol. The lowest BCUT2D eigenvalue weighted by molar-refractivity contribution is -0.142. The van der Waals surface area contributed by atoms with Gasteiger partial charge in [0.1, 0.15) is 48.3 Å². The number of carboxylic acid groups (broad SMARTS) is 2. The van der Waals surface area contributed by atoms with Crippen LogP contribution in [-0.4, -0.2) is 190 Å². The predicted molar refractivity (Wildman–Crippen MR) is 349 cm³/mol. The molecular formula is C60H94N20O14. The summed E-state index contributed by atoms with van der Waals surface area (Å²) in [5.74, 6) is -12.2. The van der Waals surface area contributed by atoms with Gasteiger partial charge >= 0.3 is 11.9 Å². The minimum Gasteiger partial charge on any atom is -0.481 e. The second-order valence-corrected chi connectivity index (χ2v) is 23.2. The summed E-state index contributed by atoms with van der Waals surface area (Å²) in [6, 6.07) is 2.86. The van der Waals surface area contributed by atoms with Gasteiger partial charge in [-0.1, -0.05) is 76.2 Å². The summed E-state index contributed by atoms with van der Waals surface area (Å²) >= 11 is 0. The first-order chi connectivity index (χ1) is 44.5. The molecule has 94 heavy (non-hydrogen) atoms. The average Bonchev–Trinajstić information content (AvgIpc) is 1.81. The topological polar surface area (TPSA) is 592 Å². The lowest BCUT2D eigenvalue weighted by Gasteiger charge is -2.27. The number of fused-ring (bicyclic) bond motifs is 1. The number of hydrogen-bond donors (Lipinski definition) is 20. The van der Waals surface area contributed by atoms with Crippen molar-refractivity contribution in [2.45, 2.75) is 159 Å². The summed E-state index contributed by atoms with van der Waals surface area (Å²) in [6.45, 7) is 5.28. The van der Waals surface area contributed by atoms with Crippen molar-refractivity contribution in [1.29, 1.82) is 0 Å². The van der Waals surface area contributed by atoms with E-state index in [0.717, 1.165) is 16.5 Å². The van der Waals surface area contributed by atoms with Crippen molar-refractivity contribution >= 4 is 93.9 Å². The van der Waals surface area contributed by atoms with Gasteiger partial charge in [0.25, 0.3) is 0 Å². The number of nitrogens with one attached hydrogen (secondary N) is 10. The lowest BCUT2D eigenvalue weighted by Crippen LogP contribution is -2.60. The fourth-order valence-corrected chi connectivity index (χ4v) is 9.58. The molecule has 3 aromatic rings. The van der Waals surface area contributed by atoms with Crippen LogP contribution in [0.5, 0.6) is 0 Å². The Morgan fingerprint density at radius 3 is 1.37 bits per heavy atom. The van der Waals surface area contributed by atoms with E-state index in [9.17, 15) is 68.1 Å². The minimum absolute atomic E-state index is 0.0149. The number of aliphatic imine (C=N–C) groups is 3. The second kappa shape index (κ2) is 40.7. The normalized spacial score (nSPS) is 13.9. The van der Waals surface area contributed by atoms with Crippen LogP contribution < -0.4 is 88.0 Å². The molecule has 2 aromatic carbocycles. The van der Waals surface area contributed by atoms with Crippen LogP contribution in [0, 0.1) is 11.8 Å². The number of para-hydroxylation sites is 1. The number of aromatic amines is 1. The van der Waals surface area contributed by atoms with E-state index in [0.29, 0.717) is 5.56 Å². The molecule has 0 radical (unpaired) electrons. The van der Waals surface area contributed by atoms with Gasteiger partial charge < -0.3 is 108 Å². The van der Waals surface area contributed by atoms with Gasteiger partial charge in [0.15, 0.2) is 17.9 Å². The highest BCUT2D eigenvalue weighted by molar-refractivity contribution is 5.98. The van der Waals surface area contributed by atoms with Crippen LogP contribution in [0.15, 0.2) is 75.8 Å². The molecule has 27 N–H and O–H groups in total. The van der Waals surface area contributed by atoms with E-state index in [1.807, 2.05) is 38.1 Å². The SMILES string of the molecule is CC(C)C[C@H](NC(=O)[C@H](CC(C)C)NC(=O)[C@@H](N)Cc1c[nH]c2ccccc12)C(=O)N[C@@H](CCC(=O)O)C(=O)NCC(=O)N[C@@H](Cc1ccccc1)C(=O)N[C@@H](CCCN=C(N)N)C(=O)N[C@@H](CO)C(=O)N[C@@H](CCCN=C(N)N)C(=O)N[C@@H](CCCN=C(N)N)C(=O)O. The zero-order valence-electron chi connectivity index (χ0n) is 53.4. The van der Waals surface area contributed by atoms with Crippen LogP contribution in [0.2, 0.25) is 0 Å². The van der Waals surface area contributed by atoms with Crippen molar-refractivity contribution in [1.82, 2.24) is 52.8 Å². The molecule has 1 heterocycles. The molecule has 1 aromatic heterocycles. The van der Waals surface area contributed by atoms with Gasteiger partial charge in [0.05, 0.1) is 19.2 Å². The zero-order chi connectivity index (χ0) is 70.0. The Hall–Kier alpha value is -10.1. The molecule has 34 nitrogen and oxygen atoms in total. The van der Waals surface area contributed by atoms with Crippen molar-refractivity contribution < 1.29 is 68.1 Å². The fraction of sp³-hybridized carbons (Fsp3) is 0.533. The summed E-state index contributed by atoms with van der Waals surface area (Å²) in [6.07, 6.45) is 0.517. The van der Waals surface area contributed by atoms with Crippen LogP contribution >= 0.6 is 0 Å². The highest BCUT2D eigenvalue weighted by Gasteiger charge is 2.35. The minimum atomic E-state index is -1.80. The maximum Gasteiger partial charge on any atom is 0.326 e. The number of carbonyl (C=O) groups excluding carboxylic acids is 9. The van der Waals surface area contributed by atoms with Crippen LogP contribution in [0.3, 0.4) is 0 Å². The van der Waals surface area contributed by atoms with E-state index in [4.69, 9.17) is 40.1 Å². The van der Waals surface area contributed by atoms with Crippen molar-refractivity contribution in [3.8, 4) is 0 Å². The largest absolute Gasteiger partial charge is 0.481 e. The van der Waals surface area contributed by atoms with Gasteiger partial charge in [-0.05, 0) is 93.2 Å². The molecule has 518 valence electrons. The van der Waals surface area contributed by atoms with E-state index < -0.39 is 145 Å². The molecule has 3 rings (SSSR count). The second-order valence-electron chi connectivity index (χ2n) is 23.2. The van der Waals surface area contributed by atoms with Gasteiger partial charge in [-0.25, -0.2) is 4.79 Å². The number of H-pyrrole nitrogens is 1. The molecule has 0 bridgehead atoms. The molecule has 0 aliphatic heterocycles. The van der Waals surface area contributed by atoms with Gasteiger partial charge in [0.2, 0.25) is 53.2 Å². The Morgan fingerprint density at radius 1 is 0.479 bits per heavy atom. The number of rotatable bonds is 43. The molecule has 0 spiro atoms. The summed E-state index contributed by atoms with van der Waals surface area (Å²) < 4.78 is 0.